The molecule has 0 unspecified atom stereocenters. The fourth-order valence-electron chi connectivity index (χ4n) is 5.22. The molecule has 1 aliphatic rings. The lowest BCUT2D eigenvalue weighted by molar-refractivity contribution is 0.102. The number of ether oxygens (including phenoxy) is 2. The van der Waals surface area contributed by atoms with Crippen LogP contribution in [0.2, 0.25) is 10.0 Å². The lowest BCUT2D eigenvalue weighted by Gasteiger charge is -2.33. The number of amides is 1. The second kappa shape index (κ2) is 13.4. The van der Waals surface area contributed by atoms with Crippen molar-refractivity contribution in [2.45, 2.75) is 46.6 Å². The van der Waals surface area contributed by atoms with Gasteiger partial charge in [0, 0.05) is 32.4 Å². The Morgan fingerprint density at radius 2 is 1.88 bits per heavy atom. The summed E-state index contributed by atoms with van der Waals surface area (Å²) < 4.78 is 12.5. The van der Waals surface area contributed by atoms with Crippen molar-refractivity contribution in [3.05, 3.63) is 102 Å². The molecule has 0 spiro atoms. The Kier molecular flexibility index (Phi) is 9.86. The predicted molar refractivity (Wildman–Crippen MR) is 182 cm³/mol. The van der Waals surface area contributed by atoms with Crippen LogP contribution in [0.5, 0.6) is 11.5 Å². The van der Waals surface area contributed by atoms with Crippen molar-refractivity contribution in [1.82, 2.24) is 0 Å². The van der Waals surface area contributed by atoms with Crippen molar-refractivity contribution in [3.8, 4) is 11.5 Å². The molecule has 43 heavy (non-hydrogen) atoms. The molecule has 1 heterocycles. The number of nitrogens with zero attached hydrogens (tertiary/aromatic N) is 1. The predicted octanol–water partition coefficient (Wildman–Crippen LogP) is 10.6. The fourth-order valence-corrected chi connectivity index (χ4v) is 7.37. The molecule has 0 radical (unpaired) electrons. The standard InChI is InChI=1S/C34H33BrCl2N2O3S/c1-34(2,3)22-9-14-25-29(17-22)43-33(30(25)32(40)39-24-12-10-23(36)11-13-24)38-18-20-15-26(35)31(28(16-20)41-4)42-19-21-7-5-6-8-27(21)37/h5-8,10-13,15-16,18,22H,9,14,17,19H2,1-4H3,(H,39,40)/t22-/m0/s1. The highest BCUT2D eigenvalue weighted by molar-refractivity contribution is 9.10. The number of hydrogen-bond acceptors (Lipinski definition) is 5. The van der Waals surface area contributed by atoms with Gasteiger partial charge in [0.2, 0.25) is 0 Å². The van der Waals surface area contributed by atoms with Crippen LogP contribution in [0.25, 0.3) is 0 Å². The van der Waals surface area contributed by atoms with Gasteiger partial charge in [0.1, 0.15) is 11.6 Å². The summed E-state index contributed by atoms with van der Waals surface area (Å²) in [7, 11) is 1.60. The van der Waals surface area contributed by atoms with Crippen LogP contribution in [0.3, 0.4) is 0 Å². The Morgan fingerprint density at radius 1 is 1.14 bits per heavy atom. The lowest BCUT2D eigenvalue weighted by atomic mass is 9.72. The second-order valence-corrected chi connectivity index (χ2v) is 14.4. The van der Waals surface area contributed by atoms with E-state index in [9.17, 15) is 4.79 Å². The molecular weight excluding hydrogens is 667 g/mol. The van der Waals surface area contributed by atoms with E-state index in [0.29, 0.717) is 50.3 Å². The highest BCUT2D eigenvalue weighted by Gasteiger charge is 2.33. The van der Waals surface area contributed by atoms with Gasteiger partial charge >= 0.3 is 0 Å². The van der Waals surface area contributed by atoms with E-state index in [1.165, 1.54) is 4.88 Å². The molecule has 5 nitrogen and oxygen atoms in total. The van der Waals surface area contributed by atoms with Gasteiger partial charge in [0.05, 0.1) is 17.1 Å². The van der Waals surface area contributed by atoms with Crippen molar-refractivity contribution >= 4 is 73.3 Å². The maximum atomic E-state index is 13.7. The molecule has 0 bridgehead atoms. The number of fused-ring (bicyclic) bond motifs is 1. The van der Waals surface area contributed by atoms with Crippen molar-refractivity contribution in [2.24, 2.45) is 16.3 Å². The molecule has 3 aromatic carbocycles. The molecule has 9 heteroatoms. The topological polar surface area (TPSA) is 59.9 Å². The van der Waals surface area contributed by atoms with Crippen LogP contribution in [0.15, 0.2) is 70.1 Å². The van der Waals surface area contributed by atoms with Gasteiger partial charge in [0.15, 0.2) is 11.5 Å². The summed E-state index contributed by atoms with van der Waals surface area (Å²) in [6.07, 6.45) is 4.60. The Balaban J connectivity index is 1.45. The van der Waals surface area contributed by atoms with Crippen LogP contribution < -0.4 is 14.8 Å². The van der Waals surface area contributed by atoms with Crippen molar-refractivity contribution in [2.75, 3.05) is 12.4 Å². The van der Waals surface area contributed by atoms with E-state index in [4.69, 9.17) is 37.7 Å². The molecule has 0 aliphatic heterocycles. The number of aliphatic imine (C=N–C) groups is 1. The van der Waals surface area contributed by atoms with Crippen LogP contribution in [0.4, 0.5) is 10.7 Å². The van der Waals surface area contributed by atoms with E-state index < -0.39 is 0 Å². The highest BCUT2D eigenvalue weighted by atomic mass is 79.9. The summed E-state index contributed by atoms with van der Waals surface area (Å²) in [5.74, 6) is 1.51. The van der Waals surface area contributed by atoms with Gasteiger partial charge in [0.25, 0.3) is 5.91 Å². The SMILES string of the molecule is COc1cc(C=Nc2sc3c(c2C(=O)Nc2ccc(Cl)cc2)CC[C@H](C(C)(C)C)C3)cc(Br)c1OCc1ccccc1Cl. The zero-order valence-electron chi connectivity index (χ0n) is 24.5. The first-order valence-electron chi connectivity index (χ1n) is 14.0. The minimum Gasteiger partial charge on any atom is -0.493 e. The molecular formula is C34H33BrCl2N2O3S. The normalized spacial score (nSPS) is 14.9. The third kappa shape index (κ3) is 7.46. The molecule has 0 fully saturated rings. The number of carbonyl (C=O) groups excluding carboxylic acids is 1. The third-order valence-corrected chi connectivity index (χ3v) is 10.1. The number of benzene rings is 3. The Morgan fingerprint density at radius 3 is 2.58 bits per heavy atom. The van der Waals surface area contributed by atoms with Crippen molar-refractivity contribution in [1.29, 1.82) is 0 Å². The smallest absolute Gasteiger partial charge is 0.259 e. The minimum absolute atomic E-state index is 0.164. The van der Waals surface area contributed by atoms with Crippen LogP contribution in [0.1, 0.15) is 59.1 Å². The van der Waals surface area contributed by atoms with E-state index in [1.54, 1.807) is 48.9 Å². The average molecular weight is 701 g/mol. The zero-order valence-corrected chi connectivity index (χ0v) is 28.4. The lowest BCUT2D eigenvalue weighted by Crippen LogP contribution is -2.27. The van der Waals surface area contributed by atoms with Crippen LogP contribution >= 0.6 is 50.5 Å². The van der Waals surface area contributed by atoms with E-state index in [0.717, 1.165) is 40.4 Å². The largest absolute Gasteiger partial charge is 0.493 e. The number of carbonyl (C=O) groups is 1. The molecule has 1 aliphatic carbocycles. The van der Waals surface area contributed by atoms with Gasteiger partial charge in [-0.25, -0.2) is 4.99 Å². The Bertz CT molecular complexity index is 1660. The summed E-state index contributed by atoms with van der Waals surface area (Å²) in [5, 5.41) is 5.00. The summed E-state index contributed by atoms with van der Waals surface area (Å²) >= 11 is 17.6. The molecule has 1 amide bonds. The van der Waals surface area contributed by atoms with E-state index in [-0.39, 0.29) is 11.3 Å². The Hall–Kier alpha value is -2.84. The Labute approximate surface area is 275 Å². The molecule has 0 saturated carbocycles. The first-order valence-corrected chi connectivity index (χ1v) is 16.4. The van der Waals surface area contributed by atoms with Gasteiger partial charge < -0.3 is 14.8 Å². The molecule has 1 atom stereocenters. The molecule has 1 aromatic heterocycles. The maximum Gasteiger partial charge on any atom is 0.259 e. The summed E-state index contributed by atoms with van der Waals surface area (Å²) in [5.41, 5.74) is 4.31. The van der Waals surface area contributed by atoms with Gasteiger partial charge in [-0.2, -0.15) is 0 Å². The molecule has 4 aromatic rings. The number of nitrogens with one attached hydrogen (secondary N) is 1. The second-order valence-electron chi connectivity index (χ2n) is 11.6. The number of halogens is 3. The van der Waals surface area contributed by atoms with E-state index >= 15 is 0 Å². The zero-order chi connectivity index (χ0) is 30.7. The van der Waals surface area contributed by atoms with Gasteiger partial charge in [-0.3, -0.25) is 4.79 Å². The highest BCUT2D eigenvalue weighted by Crippen LogP contribution is 2.46. The minimum atomic E-state index is -0.164. The monoisotopic (exact) mass is 698 g/mol. The van der Waals surface area contributed by atoms with Crippen molar-refractivity contribution < 1.29 is 14.3 Å². The molecule has 1 N–H and O–H groups in total. The van der Waals surface area contributed by atoms with Crippen LogP contribution in [-0.2, 0) is 19.4 Å². The molecule has 5 rings (SSSR count). The van der Waals surface area contributed by atoms with E-state index in [1.807, 2.05) is 36.4 Å². The molecule has 224 valence electrons. The maximum absolute atomic E-state index is 13.7. The number of rotatable bonds is 8. The quantitative estimate of drug-likeness (QED) is 0.186. The number of thiophene rings is 1. The first kappa shape index (κ1) is 31.6. The molecule has 0 saturated heterocycles. The summed E-state index contributed by atoms with van der Waals surface area (Å²) in [4.78, 5) is 19.8. The van der Waals surface area contributed by atoms with E-state index in [2.05, 4.69) is 42.0 Å². The van der Waals surface area contributed by atoms with Crippen LogP contribution in [0, 0.1) is 11.3 Å². The number of anilines is 1. The van der Waals surface area contributed by atoms with Crippen LogP contribution in [-0.4, -0.2) is 19.2 Å². The average Bonchev–Trinajstić information content (AvgIpc) is 3.34. The van der Waals surface area contributed by atoms with Crippen molar-refractivity contribution in [3.63, 3.8) is 0 Å². The van der Waals surface area contributed by atoms with Gasteiger partial charge in [-0.15, -0.1) is 11.3 Å². The third-order valence-electron chi connectivity index (χ3n) is 7.71. The number of methoxy groups -OCH3 is 1. The summed E-state index contributed by atoms with van der Waals surface area (Å²) in [6.45, 7) is 7.16. The first-order chi connectivity index (χ1) is 20.5. The van der Waals surface area contributed by atoms with Gasteiger partial charge in [-0.05, 0) is 100 Å². The van der Waals surface area contributed by atoms with Gasteiger partial charge in [-0.1, -0.05) is 62.2 Å². The number of hydrogen-bond donors (Lipinski definition) is 1. The fraction of sp³-hybridized carbons (Fsp3) is 0.294. The summed E-state index contributed by atoms with van der Waals surface area (Å²) in [6, 6.07) is 18.5.